The zero-order valence-corrected chi connectivity index (χ0v) is 11.4. The van der Waals surface area contributed by atoms with Crippen molar-refractivity contribution in [1.29, 1.82) is 0 Å². The Morgan fingerprint density at radius 2 is 1.88 bits per heavy atom. The molecule has 17 heavy (non-hydrogen) atoms. The summed E-state index contributed by atoms with van der Waals surface area (Å²) in [5.41, 5.74) is -3.36. The molecule has 0 bridgehead atoms. The number of hydrogen-bond acceptors (Lipinski definition) is 2. The number of rotatable bonds is 3. The van der Waals surface area contributed by atoms with Gasteiger partial charge in [0.05, 0.1) is 5.41 Å². The second kappa shape index (κ2) is 4.38. The summed E-state index contributed by atoms with van der Waals surface area (Å²) in [6.45, 7) is 4.01. The maximum absolute atomic E-state index is 13.7. The third-order valence-corrected chi connectivity index (χ3v) is 3.70. The number of carboxylic acid groups (broad SMARTS) is 1. The summed E-state index contributed by atoms with van der Waals surface area (Å²) in [5.74, 6) is -1.82. The standard InChI is InChI=1S/C12H14BrFO3/c1-11(2,10(15)16)12(3,17)8-6-7(13)4-5-9(8)14/h4-6,17H,1-3H3,(H,15,16). The van der Waals surface area contributed by atoms with Crippen LogP contribution in [0.2, 0.25) is 0 Å². The Hall–Kier alpha value is -0.940. The van der Waals surface area contributed by atoms with Gasteiger partial charge in [0.25, 0.3) is 0 Å². The van der Waals surface area contributed by atoms with Crippen molar-refractivity contribution in [2.75, 3.05) is 0 Å². The van der Waals surface area contributed by atoms with Crippen LogP contribution in [0.1, 0.15) is 26.3 Å². The SMILES string of the molecule is CC(C)(C(=O)O)C(C)(O)c1cc(Br)ccc1F. The first-order valence-corrected chi connectivity index (χ1v) is 5.81. The Kier molecular flexibility index (Phi) is 3.64. The minimum absolute atomic E-state index is 0.0423. The van der Waals surface area contributed by atoms with Crippen LogP contribution in [0.3, 0.4) is 0 Å². The van der Waals surface area contributed by atoms with Crippen molar-refractivity contribution in [2.24, 2.45) is 5.41 Å². The van der Waals surface area contributed by atoms with E-state index >= 15 is 0 Å². The fraction of sp³-hybridized carbons (Fsp3) is 0.417. The predicted molar refractivity (Wildman–Crippen MR) is 65.1 cm³/mol. The number of hydrogen-bond donors (Lipinski definition) is 2. The lowest BCUT2D eigenvalue weighted by atomic mass is 9.72. The molecule has 94 valence electrons. The minimum Gasteiger partial charge on any atom is -0.481 e. The smallest absolute Gasteiger partial charge is 0.312 e. The van der Waals surface area contributed by atoms with Gasteiger partial charge in [-0.1, -0.05) is 15.9 Å². The summed E-state index contributed by atoms with van der Waals surface area (Å²) < 4.78 is 14.3. The normalized spacial score (nSPS) is 15.4. The van der Waals surface area contributed by atoms with E-state index in [1.165, 1.54) is 39.0 Å². The van der Waals surface area contributed by atoms with E-state index in [4.69, 9.17) is 5.11 Å². The number of halogens is 2. The van der Waals surface area contributed by atoms with Crippen molar-refractivity contribution >= 4 is 21.9 Å². The second-order valence-electron chi connectivity index (χ2n) is 4.63. The topological polar surface area (TPSA) is 57.5 Å². The summed E-state index contributed by atoms with van der Waals surface area (Å²) in [6, 6.07) is 4.06. The number of benzene rings is 1. The van der Waals surface area contributed by atoms with Crippen LogP contribution in [0.5, 0.6) is 0 Å². The third kappa shape index (κ3) is 2.35. The van der Waals surface area contributed by atoms with Crippen LogP contribution < -0.4 is 0 Å². The predicted octanol–water partition coefficient (Wildman–Crippen LogP) is 2.91. The Labute approximate surface area is 107 Å². The van der Waals surface area contributed by atoms with Crippen LogP contribution in [0.25, 0.3) is 0 Å². The second-order valence-corrected chi connectivity index (χ2v) is 5.54. The molecule has 5 heteroatoms. The molecule has 0 saturated carbocycles. The molecule has 0 aromatic heterocycles. The van der Waals surface area contributed by atoms with Crippen molar-refractivity contribution in [3.05, 3.63) is 34.1 Å². The molecule has 0 spiro atoms. The molecule has 0 heterocycles. The maximum Gasteiger partial charge on any atom is 0.312 e. The molecule has 3 nitrogen and oxygen atoms in total. The van der Waals surface area contributed by atoms with Gasteiger partial charge in [-0.3, -0.25) is 4.79 Å². The van der Waals surface area contributed by atoms with E-state index < -0.39 is 22.8 Å². The van der Waals surface area contributed by atoms with Gasteiger partial charge in [0, 0.05) is 10.0 Å². The molecule has 1 aromatic rings. The van der Waals surface area contributed by atoms with Gasteiger partial charge in [0.1, 0.15) is 11.4 Å². The minimum atomic E-state index is -1.81. The number of carboxylic acids is 1. The largest absolute Gasteiger partial charge is 0.481 e. The van der Waals surface area contributed by atoms with Crippen molar-refractivity contribution in [2.45, 2.75) is 26.4 Å². The summed E-state index contributed by atoms with van der Waals surface area (Å²) >= 11 is 3.17. The van der Waals surface area contributed by atoms with Gasteiger partial charge >= 0.3 is 5.97 Å². The van der Waals surface area contributed by atoms with E-state index in [9.17, 15) is 14.3 Å². The first-order chi connectivity index (χ1) is 7.60. The quantitative estimate of drug-likeness (QED) is 0.903. The third-order valence-electron chi connectivity index (χ3n) is 3.20. The number of carbonyl (C=O) groups is 1. The zero-order valence-electron chi connectivity index (χ0n) is 9.79. The van der Waals surface area contributed by atoms with Crippen molar-refractivity contribution in [1.82, 2.24) is 0 Å². The Morgan fingerprint density at radius 3 is 2.35 bits per heavy atom. The van der Waals surface area contributed by atoms with Crippen LogP contribution in [0, 0.1) is 11.2 Å². The average molecular weight is 305 g/mol. The van der Waals surface area contributed by atoms with Crippen LogP contribution in [-0.2, 0) is 10.4 Å². The molecule has 0 amide bonds. The van der Waals surface area contributed by atoms with E-state index in [0.717, 1.165) is 0 Å². The highest BCUT2D eigenvalue weighted by Gasteiger charge is 2.48. The van der Waals surface area contributed by atoms with Crippen molar-refractivity contribution in [3.8, 4) is 0 Å². The molecule has 0 fully saturated rings. The van der Waals surface area contributed by atoms with E-state index in [-0.39, 0.29) is 5.56 Å². The molecule has 1 atom stereocenters. The molecular weight excluding hydrogens is 291 g/mol. The van der Waals surface area contributed by atoms with Gasteiger partial charge < -0.3 is 10.2 Å². The molecule has 1 rings (SSSR count). The molecular formula is C12H14BrFO3. The number of aliphatic hydroxyl groups is 1. The van der Waals surface area contributed by atoms with Crippen LogP contribution >= 0.6 is 15.9 Å². The van der Waals surface area contributed by atoms with Gasteiger partial charge in [-0.15, -0.1) is 0 Å². The molecule has 2 N–H and O–H groups in total. The van der Waals surface area contributed by atoms with E-state index in [1.807, 2.05) is 0 Å². The Bertz CT molecular complexity index is 455. The first-order valence-electron chi connectivity index (χ1n) is 5.02. The van der Waals surface area contributed by atoms with E-state index in [0.29, 0.717) is 4.47 Å². The summed E-state index contributed by atoms with van der Waals surface area (Å²) in [7, 11) is 0. The molecule has 0 aliphatic rings. The molecule has 0 radical (unpaired) electrons. The summed E-state index contributed by atoms with van der Waals surface area (Å²) in [6.07, 6.45) is 0. The molecule has 1 unspecified atom stereocenters. The van der Waals surface area contributed by atoms with Gasteiger partial charge in [0.2, 0.25) is 0 Å². The Balaban J connectivity index is 3.40. The lowest BCUT2D eigenvalue weighted by molar-refractivity contribution is -0.164. The lowest BCUT2D eigenvalue weighted by Gasteiger charge is -2.37. The van der Waals surface area contributed by atoms with Crippen LogP contribution in [0.15, 0.2) is 22.7 Å². The van der Waals surface area contributed by atoms with Gasteiger partial charge in [0.15, 0.2) is 0 Å². The van der Waals surface area contributed by atoms with Gasteiger partial charge in [-0.25, -0.2) is 4.39 Å². The average Bonchev–Trinajstić information content (AvgIpc) is 2.21. The molecule has 0 aliphatic heterocycles. The summed E-state index contributed by atoms with van der Waals surface area (Å²) in [5, 5.41) is 19.5. The lowest BCUT2D eigenvalue weighted by Crippen LogP contribution is -2.45. The number of aliphatic carboxylic acids is 1. The molecule has 0 aliphatic carbocycles. The van der Waals surface area contributed by atoms with Gasteiger partial charge in [-0.2, -0.15) is 0 Å². The van der Waals surface area contributed by atoms with Gasteiger partial charge in [-0.05, 0) is 39.0 Å². The Morgan fingerprint density at radius 1 is 1.35 bits per heavy atom. The van der Waals surface area contributed by atoms with Crippen molar-refractivity contribution in [3.63, 3.8) is 0 Å². The monoisotopic (exact) mass is 304 g/mol. The molecule has 1 aromatic carbocycles. The fourth-order valence-electron chi connectivity index (χ4n) is 1.42. The molecule has 0 saturated heterocycles. The zero-order chi connectivity index (χ0) is 13.4. The maximum atomic E-state index is 13.7. The van der Waals surface area contributed by atoms with E-state index in [1.54, 1.807) is 0 Å². The fourth-order valence-corrected chi connectivity index (χ4v) is 1.78. The highest BCUT2D eigenvalue weighted by molar-refractivity contribution is 9.10. The van der Waals surface area contributed by atoms with Crippen LogP contribution in [-0.4, -0.2) is 16.2 Å². The first kappa shape index (κ1) is 14.1. The van der Waals surface area contributed by atoms with Crippen molar-refractivity contribution < 1.29 is 19.4 Å². The highest BCUT2D eigenvalue weighted by Crippen LogP contribution is 2.41. The summed E-state index contributed by atoms with van der Waals surface area (Å²) in [4.78, 5) is 11.1. The van der Waals surface area contributed by atoms with E-state index in [2.05, 4.69) is 15.9 Å². The van der Waals surface area contributed by atoms with Crippen LogP contribution in [0.4, 0.5) is 4.39 Å². The highest BCUT2D eigenvalue weighted by atomic mass is 79.9.